The van der Waals surface area contributed by atoms with E-state index < -0.39 is 0 Å². The molecule has 0 radical (unpaired) electrons. The molecule has 0 spiro atoms. The van der Waals surface area contributed by atoms with E-state index in [9.17, 15) is 0 Å². The van der Waals surface area contributed by atoms with Crippen molar-refractivity contribution in [1.29, 1.82) is 0 Å². The highest BCUT2D eigenvalue weighted by molar-refractivity contribution is 5.60. The maximum Gasteiger partial charge on any atom is 0.117 e. The van der Waals surface area contributed by atoms with Gasteiger partial charge in [-0.1, -0.05) is 74.0 Å². The fraction of sp³-hybridized carbons (Fsp3) is 0.417. The minimum Gasteiger partial charge on any atom is -0.311 e. The van der Waals surface area contributed by atoms with Crippen molar-refractivity contribution < 1.29 is 0 Å². The van der Waals surface area contributed by atoms with E-state index in [-0.39, 0.29) is 0 Å². The molecule has 0 fully saturated rings. The van der Waals surface area contributed by atoms with E-state index in [1.807, 2.05) is 10.9 Å². The summed E-state index contributed by atoms with van der Waals surface area (Å²) in [6, 6.07) is 18.9. The molecule has 3 aromatic rings. The van der Waals surface area contributed by atoms with Gasteiger partial charge in [0.2, 0.25) is 0 Å². The molecule has 0 atom stereocenters. The molecule has 0 amide bonds. The highest BCUT2D eigenvalue weighted by atomic mass is 15.5. The van der Waals surface area contributed by atoms with Gasteiger partial charge in [-0.05, 0) is 45.1 Å². The highest BCUT2D eigenvalue weighted by Gasteiger charge is 2.13. The van der Waals surface area contributed by atoms with Crippen molar-refractivity contribution in [3.63, 3.8) is 0 Å². The van der Waals surface area contributed by atoms with Crippen LogP contribution in [0.1, 0.15) is 37.1 Å². The summed E-state index contributed by atoms with van der Waals surface area (Å²) in [5, 5.41) is 13.2. The van der Waals surface area contributed by atoms with E-state index in [4.69, 9.17) is 10.2 Å². The maximum atomic E-state index is 4.81. The number of aromatic nitrogens is 3. The fourth-order valence-corrected chi connectivity index (χ4v) is 3.42. The van der Waals surface area contributed by atoms with Crippen LogP contribution in [-0.4, -0.2) is 46.1 Å². The van der Waals surface area contributed by atoms with Crippen LogP contribution in [0.25, 0.3) is 11.3 Å². The van der Waals surface area contributed by atoms with Crippen LogP contribution in [0.3, 0.4) is 0 Å². The normalized spacial score (nSPS) is 11.3. The molecule has 29 heavy (non-hydrogen) atoms. The van der Waals surface area contributed by atoms with E-state index in [0.29, 0.717) is 6.54 Å². The standard InChI is InChI=1S/C24H33N5/c1-4-28(5-2)17-9-16-25-18-23-24(22-10-7-6-8-11-22)27-29(26-23)19-21-14-12-20(3)13-15-21/h6-8,10-15,25H,4-5,9,16-19H2,1-3H3. The van der Waals surface area contributed by atoms with Gasteiger partial charge in [0.15, 0.2) is 0 Å². The molecule has 0 aliphatic heterocycles. The third kappa shape index (κ3) is 6.24. The Labute approximate surface area is 174 Å². The van der Waals surface area contributed by atoms with Crippen LogP contribution >= 0.6 is 0 Å². The Bertz CT molecular complexity index is 851. The molecule has 1 heterocycles. The summed E-state index contributed by atoms with van der Waals surface area (Å²) >= 11 is 0. The lowest BCUT2D eigenvalue weighted by molar-refractivity contribution is 0.298. The molecule has 0 aliphatic rings. The van der Waals surface area contributed by atoms with Gasteiger partial charge in [0, 0.05) is 12.1 Å². The predicted molar refractivity (Wildman–Crippen MR) is 120 cm³/mol. The van der Waals surface area contributed by atoms with Gasteiger partial charge in [-0.3, -0.25) is 0 Å². The number of rotatable bonds is 11. The molecule has 0 aliphatic carbocycles. The lowest BCUT2D eigenvalue weighted by Gasteiger charge is -2.17. The van der Waals surface area contributed by atoms with Crippen LogP contribution in [0.4, 0.5) is 0 Å². The van der Waals surface area contributed by atoms with E-state index in [0.717, 1.165) is 56.1 Å². The van der Waals surface area contributed by atoms with Crippen LogP contribution in [0.15, 0.2) is 54.6 Å². The van der Waals surface area contributed by atoms with Crippen molar-refractivity contribution in [2.24, 2.45) is 0 Å². The van der Waals surface area contributed by atoms with Crippen LogP contribution in [-0.2, 0) is 13.1 Å². The molecular formula is C24H33N5. The Hall–Kier alpha value is -2.50. The second-order valence-corrected chi connectivity index (χ2v) is 7.43. The van der Waals surface area contributed by atoms with Crippen LogP contribution in [0.2, 0.25) is 0 Å². The van der Waals surface area contributed by atoms with Gasteiger partial charge in [-0.15, -0.1) is 0 Å². The van der Waals surface area contributed by atoms with Crippen LogP contribution < -0.4 is 5.32 Å². The average molecular weight is 392 g/mol. The molecule has 0 saturated carbocycles. The summed E-state index contributed by atoms with van der Waals surface area (Å²) < 4.78 is 0. The first-order valence-corrected chi connectivity index (χ1v) is 10.7. The summed E-state index contributed by atoms with van der Waals surface area (Å²) in [5.41, 5.74) is 5.56. The number of aryl methyl sites for hydroxylation is 1. The second-order valence-electron chi connectivity index (χ2n) is 7.43. The van der Waals surface area contributed by atoms with Crippen LogP contribution in [0.5, 0.6) is 0 Å². The fourth-order valence-electron chi connectivity index (χ4n) is 3.42. The van der Waals surface area contributed by atoms with Gasteiger partial charge >= 0.3 is 0 Å². The molecule has 3 rings (SSSR count). The summed E-state index contributed by atoms with van der Waals surface area (Å²) in [5.74, 6) is 0. The lowest BCUT2D eigenvalue weighted by atomic mass is 10.1. The molecule has 0 bridgehead atoms. The van der Waals surface area contributed by atoms with E-state index >= 15 is 0 Å². The first-order chi connectivity index (χ1) is 14.2. The zero-order valence-electron chi connectivity index (χ0n) is 17.9. The van der Waals surface area contributed by atoms with E-state index in [1.54, 1.807) is 0 Å². The van der Waals surface area contributed by atoms with Crippen molar-refractivity contribution in [3.8, 4) is 11.3 Å². The van der Waals surface area contributed by atoms with Gasteiger partial charge in [0.25, 0.3) is 0 Å². The molecule has 1 aromatic heterocycles. The monoisotopic (exact) mass is 391 g/mol. The Balaban J connectivity index is 1.67. The lowest BCUT2D eigenvalue weighted by Crippen LogP contribution is -2.27. The van der Waals surface area contributed by atoms with E-state index in [2.05, 4.69) is 79.5 Å². The summed E-state index contributed by atoms with van der Waals surface area (Å²) in [4.78, 5) is 4.27. The molecule has 2 aromatic carbocycles. The number of hydrogen-bond donors (Lipinski definition) is 1. The highest BCUT2D eigenvalue weighted by Crippen LogP contribution is 2.20. The first-order valence-electron chi connectivity index (χ1n) is 10.7. The van der Waals surface area contributed by atoms with E-state index in [1.165, 1.54) is 11.1 Å². The Kier molecular flexibility index (Phi) is 7.96. The third-order valence-electron chi connectivity index (χ3n) is 5.23. The third-order valence-corrected chi connectivity index (χ3v) is 5.23. The van der Waals surface area contributed by atoms with Gasteiger partial charge in [0.05, 0.1) is 6.54 Å². The number of nitrogens with zero attached hydrogens (tertiary/aromatic N) is 4. The predicted octanol–water partition coefficient (Wildman–Crippen LogP) is 4.12. The SMILES string of the molecule is CCN(CC)CCCNCc1nn(Cc2ccc(C)cc2)nc1-c1ccccc1. The number of benzene rings is 2. The second kappa shape index (κ2) is 10.9. The van der Waals surface area contributed by atoms with Gasteiger partial charge in [-0.25, -0.2) is 0 Å². The zero-order chi connectivity index (χ0) is 20.5. The minimum atomic E-state index is 0.683. The van der Waals surface area contributed by atoms with Crippen molar-refractivity contribution in [1.82, 2.24) is 25.2 Å². The zero-order valence-corrected chi connectivity index (χ0v) is 17.9. The molecule has 154 valence electrons. The topological polar surface area (TPSA) is 46.0 Å². The molecule has 0 unspecified atom stereocenters. The Morgan fingerprint density at radius 2 is 1.66 bits per heavy atom. The molecule has 0 saturated heterocycles. The first kappa shape index (κ1) is 21.2. The average Bonchev–Trinajstić information content (AvgIpc) is 3.15. The molecule has 1 N–H and O–H groups in total. The summed E-state index contributed by atoms with van der Waals surface area (Å²) in [6.45, 7) is 12.3. The Morgan fingerprint density at radius 3 is 2.34 bits per heavy atom. The van der Waals surface area contributed by atoms with Crippen molar-refractivity contribution >= 4 is 0 Å². The molecular weight excluding hydrogens is 358 g/mol. The van der Waals surface area contributed by atoms with Gasteiger partial charge in [-0.2, -0.15) is 15.0 Å². The van der Waals surface area contributed by atoms with Crippen molar-refractivity contribution in [2.75, 3.05) is 26.2 Å². The van der Waals surface area contributed by atoms with Crippen LogP contribution in [0, 0.1) is 6.92 Å². The molecule has 5 nitrogen and oxygen atoms in total. The summed E-state index contributed by atoms with van der Waals surface area (Å²) in [6.07, 6.45) is 1.14. The minimum absolute atomic E-state index is 0.683. The molecule has 5 heteroatoms. The number of hydrogen-bond acceptors (Lipinski definition) is 4. The smallest absolute Gasteiger partial charge is 0.117 e. The van der Waals surface area contributed by atoms with Crippen molar-refractivity contribution in [2.45, 2.75) is 40.3 Å². The quantitative estimate of drug-likeness (QED) is 0.500. The number of nitrogens with one attached hydrogen (secondary N) is 1. The Morgan fingerprint density at radius 1 is 0.931 bits per heavy atom. The van der Waals surface area contributed by atoms with Gasteiger partial charge in [0.1, 0.15) is 11.4 Å². The maximum absolute atomic E-state index is 4.81. The summed E-state index contributed by atoms with van der Waals surface area (Å²) in [7, 11) is 0. The van der Waals surface area contributed by atoms with Gasteiger partial charge < -0.3 is 10.2 Å². The van der Waals surface area contributed by atoms with Crippen molar-refractivity contribution in [3.05, 3.63) is 71.4 Å². The largest absolute Gasteiger partial charge is 0.311 e.